The van der Waals surface area contributed by atoms with Gasteiger partial charge in [0.25, 0.3) is 5.91 Å². The predicted octanol–water partition coefficient (Wildman–Crippen LogP) is 4.48. The summed E-state index contributed by atoms with van der Waals surface area (Å²) < 4.78 is 11.1. The van der Waals surface area contributed by atoms with Crippen LogP contribution in [0.25, 0.3) is 11.3 Å². The standard InChI is InChI=1S/C23H20N4O3S/c1-29-19-8-2-5-16(13-19)11-12-30-21-10-4-9-20(25-21)17-6-3-7-18(14-17)22(28)26-23-27-24-15-31-23/h2-10,13-15H,11-12H2,1H3,(H,26,27,28). The van der Waals surface area contributed by atoms with E-state index in [9.17, 15) is 4.79 Å². The molecule has 156 valence electrons. The first-order valence-electron chi connectivity index (χ1n) is 9.62. The number of pyridine rings is 1. The normalized spacial score (nSPS) is 10.5. The van der Waals surface area contributed by atoms with Crippen molar-refractivity contribution in [1.29, 1.82) is 0 Å². The number of hydrogen-bond acceptors (Lipinski definition) is 7. The van der Waals surface area contributed by atoms with E-state index >= 15 is 0 Å². The van der Waals surface area contributed by atoms with Gasteiger partial charge in [-0.25, -0.2) is 4.98 Å². The van der Waals surface area contributed by atoms with Gasteiger partial charge in [-0.3, -0.25) is 10.1 Å². The van der Waals surface area contributed by atoms with Gasteiger partial charge in [-0.05, 0) is 35.9 Å². The quantitative estimate of drug-likeness (QED) is 0.442. The first kappa shape index (κ1) is 20.5. The van der Waals surface area contributed by atoms with E-state index in [4.69, 9.17) is 9.47 Å². The second-order valence-corrected chi connectivity index (χ2v) is 7.42. The molecule has 0 spiro atoms. The number of nitrogens with zero attached hydrogens (tertiary/aromatic N) is 3. The zero-order valence-corrected chi connectivity index (χ0v) is 17.6. The summed E-state index contributed by atoms with van der Waals surface area (Å²) in [5.41, 5.74) is 4.76. The molecule has 31 heavy (non-hydrogen) atoms. The molecule has 0 aliphatic rings. The van der Waals surface area contributed by atoms with Gasteiger partial charge in [0.1, 0.15) is 11.3 Å². The van der Waals surface area contributed by atoms with Crippen molar-refractivity contribution in [2.45, 2.75) is 6.42 Å². The SMILES string of the molecule is COc1cccc(CCOc2cccc(-c3cccc(C(=O)Nc4nncs4)c3)n2)c1. The fourth-order valence-corrected chi connectivity index (χ4v) is 3.41. The van der Waals surface area contributed by atoms with Crippen molar-refractivity contribution in [3.8, 4) is 22.9 Å². The summed E-state index contributed by atoms with van der Waals surface area (Å²) in [6.45, 7) is 0.494. The third-order valence-electron chi connectivity index (χ3n) is 4.50. The minimum atomic E-state index is -0.246. The predicted molar refractivity (Wildman–Crippen MR) is 120 cm³/mol. The Balaban J connectivity index is 1.42. The molecule has 0 unspecified atom stereocenters. The van der Waals surface area contributed by atoms with Crippen LogP contribution in [0.4, 0.5) is 5.13 Å². The molecule has 0 fully saturated rings. The Morgan fingerprint density at radius 1 is 1.06 bits per heavy atom. The summed E-state index contributed by atoms with van der Waals surface area (Å²) in [5, 5.41) is 10.7. The van der Waals surface area contributed by atoms with E-state index in [1.165, 1.54) is 11.3 Å². The molecule has 1 amide bonds. The summed E-state index contributed by atoms with van der Waals surface area (Å²) in [6.07, 6.45) is 0.740. The lowest BCUT2D eigenvalue weighted by Crippen LogP contribution is -2.11. The fraction of sp³-hybridized carbons (Fsp3) is 0.130. The third kappa shape index (κ3) is 5.43. The molecule has 0 aliphatic heterocycles. The molecule has 1 N–H and O–H groups in total. The Morgan fingerprint density at radius 2 is 1.94 bits per heavy atom. The Kier molecular flexibility index (Phi) is 6.49. The van der Waals surface area contributed by atoms with Gasteiger partial charge in [0, 0.05) is 23.6 Å². The Hall–Kier alpha value is -3.78. The molecule has 2 heterocycles. The van der Waals surface area contributed by atoms with Crippen LogP contribution in [0, 0.1) is 0 Å². The molecule has 4 aromatic rings. The zero-order chi connectivity index (χ0) is 21.5. The maximum atomic E-state index is 12.5. The number of rotatable bonds is 8. The molecule has 2 aromatic carbocycles. The molecule has 0 atom stereocenters. The average molecular weight is 433 g/mol. The number of carbonyl (C=O) groups excluding carboxylic acids is 1. The fourth-order valence-electron chi connectivity index (χ4n) is 2.97. The monoisotopic (exact) mass is 432 g/mol. The van der Waals surface area contributed by atoms with Crippen molar-refractivity contribution in [2.24, 2.45) is 0 Å². The maximum Gasteiger partial charge on any atom is 0.257 e. The van der Waals surface area contributed by atoms with E-state index in [-0.39, 0.29) is 5.91 Å². The molecule has 4 rings (SSSR count). The number of aromatic nitrogens is 3. The largest absolute Gasteiger partial charge is 0.497 e. The smallest absolute Gasteiger partial charge is 0.257 e. The van der Waals surface area contributed by atoms with Gasteiger partial charge in [-0.2, -0.15) is 0 Å². The van der Waals surface area contributed by atoms with Crippen molar-refractivity contribution >= 4 is 22.4 Å². The molecular weight excluding hydrogens is 412 g/mol. The lowest BCUT2D eigenvalue weighted by Gasteiger charge is -2.09. The Labute approximate surface area is 183 Å². The topological polar surface area (TPSA) is 86.2 Å². The van der Waals surface area contributed by atoms with Crippen molar-refractivity contribution in [3.05, 3.63) is 83.4 Å². The van der Waals surface area contributed by atoms with Crippen molar-refractivity contribution in [3.63, 3.8) is 0 Å². The average Bonchev–Trinajstić information content (AvgIpc) is 3.32. The summed E-state index contributed by atoms with van der Waals surface area (Å²) in [7, 11) is 1.65. The Morgan fingerprint density at radius 3 is 2.77 bits per heavy atom. The highest BCUT2D eigenvalue weighted by atomic mass is 32.1. The molecule has 0 saturated carbocycles. The van der Waals surface area contributed by atoms with E-state index in [0.29, 0.717) is 23.2 Å². The molecule has 2 aromatic heterocycles. The minimum Gasteiger partial charge on any atom is -0.497 e. The van der Waals surface area contributed by atoms with Crippen LogP contribution in [0.2, 0.25) is 0 Å². The highest BCUT2D eigenvalue weighted by Gasteiger charge is 2.10. The number of carbonyl (C=O) groups is 1. The number of benzene rings is 2. The van der Waals surface area contributed by atoms with E-state index in [2.05, 4.69) is 20.5 Å². The second-order valence-electron chi connectivity index (χ2n) is 6.59. The third-order valence-corrected chi connectivity index (χ3v) is 5.11. The van der Waals surface area contributed by atoms with E-state index in [0.717, 1.165) is 29.0 Å². The van der Waals surface area contributed by atoms with Crippen LogP contribution in [0.3, 0.4) is 0 Å². The van der Waals surface area contributed by atoms with Crippen molar-refractivity contribution < 1.29 is 14.3 Å². The van der Waals surface area contributed by atoms with E-state index in [1.54, 1.807) is 24.8 Å². The van der Waals surface area contributed by atoms with Crippen LogP contribution in [-0.4, -0.2) is 34.8 Å². The maximum absolute atomic E-state index is 12.5. The number of methoxy groups -OCH3 is 1. The van der Waals surface area contributed by atoms with E-state index < -0.39 is 0 Å². The number of amides is 1. The molecule has 0 radical (unpaired) electrons. The van der Waals surface area contributed by atoms with Gasteiger partial charge in [0.2, 0.25) is 11.0 Å². The molecule has 7 nitrogen and oxygen atoms in total. The van der Waals surface area contributed by atoms with Gasteiger partial charge in [-0.15, -0.1) is 10.2 Å². The van der Waals surface area contributed by atoms with Gasteiger partial charge < -0.3 is 9.47 Å². The molecule has 0 saturated heterocycles. The number of anilines is 1. The zero-order valence-electron chi connectivity index (χ0n) is 16.8. The van der Waals surface area contributed by atoms with Crippen molar-refractivity contribution in [1.82, 2.24) is 15.2 Å². The number of hydrogen-bond donors (Lipinski definition) is 1. The van der Waals surface area contributed by atoms with Crippen LogP contribution in [0.1, 0.15) is 15.9 Å². The van der Waals surface area contributed by atoms with Gasteiger partial charge in [0.05, 0.1) is 19.4 Å². The van der Waals surface area contributed by atoms with Crippen LogP contribution >= 0.6 is 11.3 Å². The van der Waals surface area contributed by atoms with Crippen LogP contribution < -0.4 is 14.8 Å². The van der Waals surface area contributed by atoms with E-state index in [1.807, 2.05) is 54.6 Å². The van der Waals surface area contributed by atoms with Crippen molar-refractivity contribution in [2.75, 3.05) is 19.0 Å². The van der Waals surface area contributed by atoms with Crippen LogP contribution in [0.5, 0.6) is 11.6 Å². The molecule has 8 heteroatoms. The number of nitrogens with one attached hydrogen (secondary N) is 1. The Bertz CT molecular complexity index is 1160. The first-order chi connectivity index (χ1) is 15.2. The van der Waals surface area contributed by atoms with Gasteiger partial charge in [0.15, 0.2) is 0 Å². The lowest BCUT2D eigenvalue weighted by atomic mass is 10.1. The molecule has 0 bridgehead atoms. The summed E-state index contributed by atoms with van der Waals surface area (Å²) in [4.78, 5) is 17.0. The summed E-state index contributed by atoms with van der Waals surface area (Å²) in [5.74, 6) is 1.11. The highest BCUT2D eigenvalue weighted by molar-refractivity contribution is 7.13. The van der Waals surface area contributed by atoms with Crippen LogP contribution in [-0.2, 0) is 6.42 Å². The second kappa shape index (κ2) is 9.82. The highest BCUT2D eigenvalue weighted by Crippen LogP contribution is 2.22. The molecule has 0 aliphatic carbocycles. The molecular formula is C23H20N4O3S. The lowest BCUT2D eigenvalue weighted by molar-refractivity contribution is 0.102. The minimum absolute atomic E-state index is 0.246. The number of ether oxygens (including phenoxy) is 2. The summed E-state index contributed by atoms with van der Waals surface area (Å²) in [6, 6.07) is 20.8. The van der Waals surface area contributed by atoms with Crippen LogP contribution in [0.15, 0.2) is 72.2 Å². The first-order valence-corrected chi connectivity index (χ1v) is 10.5. The summed E-state index contributed by atoms with van der Waals surface area (Å²) >= 11 is 1.27. The van der Waals surface area contributed by atoms with Gasteiger partial charge in [-0.1, -0.05) is 41.7 Å². The van der Waals surface area contributed by atoms with Gasteiger partial charge >= 0.3 is 0 Å².